The normalized spacial score (nSPS) is 19.3. The maximum Gasteiger partial charge on any atom is 0.475 e. The van der Waals surface area contributed by atoms with E-state index in [0.29, 0.717) is 0 Å². The van der Waals surface area contributed by atoms with E-state index in [-0.39, 0.29) is 0 Å². The van der Waals surface area contributed by atoms with Gasteiger partial charge < -0.3 is 0 Å². The molecule has 35 heavy (non-hydrogen) atoms. The fourth-order valence-electron chi connectivity index (χ4n) is 1.54. The highest BCUT2D eigenvalue weighted by molar-refractivity contribution is 7.48. The quantitative estimate of drug-likeness (QED) is 0.187. The predicted octanol–water partition coefficient (Wildman–Crippen LogP) is 6.75. The molecule has 23 heteroatoms. The van der Waals surface area contributed by atoms with Crippen molar-refractivity contribution in [2.24, 2.45) is 0 Å². The van der Waals surface area contributed by atoms with Crippen molar-refractivity contribution in [2.45, 2.75) is 54.8 Å². The smallest absolute Gasteiger partial charge is 0.280 e. The predicted molar refractivity (Wildman–Crippen MR) is 73.2 cm³/mol. The number of halogens is 18. The standard InChI is InChI=1S/C12H9F18O4P/c13-4(10(22,23)24)7(16,17)1-32-35(31,33-2-8(18,19)5(14)11(25,26)27)34-3-9(20,21)6(15)12(28,29)30/h4-6H,1-3H2. The average Bonchev–Trinajstić information content (AvgIpc) is 2.66. The van der Waals surface area contributed by atoms with E-state index in [1.54, 1.807) is 0 Å². The minimum atomic E-state index is -6.83. The molecule has 0 amide bonds. The second-order valence-electron chi connectivity index (χ2n) is 6.26. The summed E-state index contributed by atoms with van der Waals surface area (Å²) in [5.41, 5.74) is 0. The largest absolute Gasteiger partial charge is 0.475 e. The molecule has 0 aliphatic carbocycles. The third-order valence-electron chi connectivity index (χ3n) is 3.22. The topological polar surface area (TPSA) is 44.8 Å². The van der Waals surface area contributed by atoms with E-state index in [1.165, 1.54) is 0 Å². The van der Waals surface area contributed by atoms with Gasteiger partial charge in [0.05, 0.1) is 0 Å². The monoisotopic (exact) mass is 590 g/mol. The SMILES string of the molecule is O=P(OCC(F)(F)C(F)C(F)(F)F)(OCC(F)(F)C(F)C(F)(F)F)OCC(F)(F)C(F)C(F)(F)F. The van der Waals surface area contributed by atoms with Crippen LogP contribution in [0.15, 0.2) is 0 Å². The first-order chi connectivity index (χ1) is 15.1. The van der Waals surface area contributed by atoms with Crippen molar-refractivity contribution < 1.29 is 97.2 Å². The lowest BCUT2D eigenvalue weighted by atomic mass is 10.2. The van der Waals surface area contributed by atoms with Crippen LogP contribution in [-0.2, 0) is 18.1 Å². The number of phosphoric acid groups is 1. The summed E-state index contributed by atoms with van der Waals surface area (Å²) in [6.07, 6.45) is -34.8. The molecule has 3 atom stereocenters. The third kappa shape index (κ3) is 10.0. The summed E-state index contributed by atoms with van der Waals surface area (Å²) < 4.78 is 247. The van der Waals surface area contributed by atoms with Crippen molar-refractivity contribution in [2.75, 3.05) is 19.8 Å². The zero-order valence-electron chi connectivity index (χ0n) is 15.7. The summed E-state index contributed by atoms with van der Waals surface area (Å²) >= 11 is 0. The second-order valence-corrected chi connectivity index (χ2v) is 7.93. The molecule has 0 aliphatic heterocycles. The van der Waals surface area contributed by atoms with Crippen LogP contribution in [0.2, 0.25) is 0 Å². The van der Waals surface area contributed by atoms with Gasteiger partial charge in [0, 0.05) is 0 Å². The molecule has 0 saturated carbocycles. The van der Waals surface area contributed by atoms with Gasteiger partial charge in [-0.3, -0.25) is 13.6 Å². The van der Waals surface area contributed by atoms with E-state index in [1.807, 2.05) is 0 Å². The van der Waals surface area contributed by atoms with Crippen molar-refractivity contribution >= 4 is 7.82 Å². The van der Waals surface area contributed by atoms with E-state index in [9.17, 15) is 83.6 Å². The van der Waals surface area contributed by atoms with Gasteiger partial charge >= 0.3 is 44.1 Å². The zero-order valence-corrected chi connectivity index (χ0v) is 16.6. The molecule has 0 aromatic rings. The van der Waals surface area contributed by atoms with Gasteiger partial charge in [-0.2, -0.15) is 39.5 Å². The molecule has 0 saturated heterocycles. The highest BCUT2D eigenvalue weighted by Crippen LogP contribution is 2.54. The van der Waals surface area contributed by atoms with Crippen LogP contribution in [0.1, 0.15) is 0 Å². The number of hydrogen-bond donors (Lipinski definition) is 0. The molecule has 0 heterocycles. The van der Waals surface area contributed by atoms with E-state index in [0.717, 1.165) is 0 Å². The Kier molecular flexibility index (Phi) is 10.3. The lowest BCUT2D eigenvalue weighted by Crippen LogP contribution is -2.46. The summed E-state index contributed by atoms with van der Waals surface area (Å²) in [5.74, 6) is -17.6. The third-order valence-corrected chi connectivity index (χ3v) is 4.56. The second kappa shape index (κ2) is 10.7. The molecule has 0 bridgehead atoms. The molecule has 0 aromatic carbocycles. The van der Waals surface area contributed by atoms with Gasteiger partial charge in [-0.05, 0) is 0 Å². The lowest BCUT2D eigenvalue weighted by Gasteiger charge is -2.28. The van der Waals surface area contributed by atoms with Gasteiger partial charge in [0.2, 0.25) is 0 Å². The minimum absolute atomic E-state index is 3.18. The molecule has 212 valence electrons. The molecule has 0 radical (unpaired) electrons. The van der Waals surface area contributed by atoms with Gasteiger partial charge in [-0.25, -0.2) is 44.1 Å². The fourth-order valence-corrected chi connectivity index (χ4v) is 2.76. The van der Waals surface area contributed by atoms with Crippen molar-refractivity contribution in [3.8, 4) is 0 Å². The van der Waals surface area contributed by atoms with Gasteiger partial charge in [-0.1, -0.05) is 0 Å². The van der Waals surface area contributed by atoms with Crippen LogP contribution in [0.5, 0.6) is 0 Å². The van der Waals surface area contributed by atoms with Gasteiger partial charge in [-0.15, -0.1) is 0 Å². The Morgan fingerprint density at radius 3 is 0.771 bits per heavy atom. The van der Waals surface area contributed by atoms with Crippen molar-refractivity contribution in [3.63, 3.8) is 0 Å². The van der Waals surface area contributed by atoms with Crippen LogP contribution in [0.25, 0.3) is 0 Å². The van der Waals surface area contributed by atoms with E-state index in [4.69, 9.17) is 0 Å². The van der Waals surface area contributed by atoms with Crippen LogP contribution in [0, 0.1) is 0 Å². The van der Waals surface area contributed by atoms with Gasteiger partial charge in [0.25, 0.3) is 18.5 Å². The highest BCUT2D eigenvalue weighted by Gasteiger charge is 2.61. The lowest BCUT2D eigenvalue weighted by molar-refractivity contribution is -0.256. The number of phosphoric ester groups is 1. The molecule has 4 nitrogen and oxygen atoms in total. The van der Waals surface area contributed by atoms with E-state index in [2.05, 4.69) is 13.6 Å². The summed E-state index contributed by atoms with van der Waals surface area (Å²) in [4.78, 5) is 0. The Labute approximate surface area is 181 Å². The van der Waals surface area contributed by atoms with Crippen molar-refractivity contribution in [1.82, 2.24) is 0 Å². The zero-order chi connectivity index (χ0) is 28.5. The number of rotatable bonds is 12. The molecular formula is C12H9F18O4P. The minimum Gasteiger partial charge on any atom is -0.280 e. The van der Waals surface area contributed by atoms with Crippen molar-refractivity contribution in [1.29, 1.82) is 0 Å². The van der Waals surface area contributed by atoms with Crippen LogP contribution in [0.4, 0.5) is 79.0 Å². The Morgan fingerprint density at radius 2 is 0.629 bits per heavy atom. The molecule has 0 fully saturated rings. The van der Waals surface area contributed by atoms with Crippen LogP contribution < -0.4 is 0 Å². The van der Waals surface area contributed by atoms with Crippen LogP contribution in [0.3, 0.4) is 0 Å². The van der Waals surface area contributed by atoms with E-state index >= 15 is 0 Å². The number of alkyl halides is 18. The molecule has 0 N–H and O–H groups in total. The summed E-state index contributed by atoms with van der Waals surface area (Å²) in [6.45, 7) is -9.71. The first kappa shape index (κ1) is 33.8. The molecule has 0 spiro atoms. The maximum absolute atomic E-state index is 13.2. The first-order valence-electron chi connectivity index (χ1n) is 7.88. The molecular weight excluding hydrogens is 581 g/mol. The Balaban J connectivity index is 5.86. The Hall–Kier alpha value is -1.15. The molecule has 3 unspecified atom stereocenters. The van der Waals surface area contributed by atoms with Crippen molar-refractivity contribution in [3.05, 3.63) is 0 Å². The summed E-state index contributed by atoms with van der Waals surface area (Å²) in [6, 6.07) is 0. The summed E-state index contributed by atoms with van der Waals surface area (Å²) in [5, 5.41) is 0. The van der Waals surface area contributed by atoms with Crippen LogP contribution >= 0.6 is 7.82 Å². The fraction of sp³-hybridized carbons (Fsp3) is 1.00. The van der Waals surface area contributed by atoms with Crippen LogP contribution in [-0.4, -0.2) is 74.6 Å². The molecule has 0 rings (SSSR count). The Bertz CT molecular complexity index is 635. The van der Waals surface area contributed by atoms with Gasteiger partial charge in [0.1, 0.15) is 19.8 Å². The molecule has 0 aromatic heterocycles. The van der Waals surface area contributed by atoms with E-state index < -0.39 is 82.5 Å². The number of hydrogen-bond acceptors (Lipinski definition) is 4. The van der Waals surface area contributed by atoms with Gasteiger partial charge in [0.15, 0.2) is 0 Å². The Morgan fingerprint density at radius 1 is 0.457 bits per heavy atom. The average molecular weight is 590 g/mol. The first-order valence-corrected chi connectivity index (χ1v) is 9.34. The molecule has 0 aliphatic rings. The summed E-state index contributed by atoms with van der Waals surface area (Å²) in [7, 11) is -6.83. The maximum atomic E-state index is 13.2. The highest BCUT2D eigenvalue weighted by atomic mass is 31.2.